The Morgan fingerprint density at radius 3 is 0.984 bits per heavy atom. The third-order valence-corrected chi connectivity index (χ3v) is 24.1. The number of benzene rings is 16. The Bertz CT molecular complexity index is 7920. The Morgan fingerprint density at radius 2 is 0.532 bits per heavy atom. The predicted molar refractivity (Wildman–Crippen MR) is 504 cm³/mol. The van der Waals surface area contributed by atoms with Crippen molar-refractivity contribution in [2.24, 2.45) is 0 Å². The van der Waals surface area contributed by atoms with E-state index in [-0.39, 0.29) is 0 Å². The smallest absolute Gasteiger partial charge is 0.238 e. The van der Waals surface area contributed by atoms with E-state index in [1.54, 1.807) is 0 Å². The number of hydrogen-bond donors (Lipinski definition) is 0. The number of pyridine rings is 2. The molecule has 11 heteroatoms. The minimum Gasteiger partial charge on any atom is -0.278 e. The van der Waals surface area contributed by atoms with Gasteiger partial charge in [0, 0.05) is 82.7 Å². The highest BCUT2D eigenvalue weighted by atomic mass is 15.2. The standard InChI is InChI=1S/C63H41N5.C50H32N6/c1-6-21-42(22-7-1)56-41-45-27-16-17-34-51(45)59-57(43-23-8-2-9-24-43)58(67-68(56)59)46-28-20-29-47(39-46)61-64-60(44-25-10-3-11-26-44)65-62(66-61)48-37-38-53-52-35-18-19-36-54(52)63(55(53)40-48,49-30-12-4-13-31-49)50-32-14-5-15-33-50;1-4-17-33(18-5-1)44-32-36-23-10-11-26-39(36)47-45(34-19-6-2-7-20-34)46(54-56(44)47)37-24-16-25-38(31-37)49-51-48(35-21-8-3-9-22-35)52-50(53-49)55-42-29-14-12-27-40(42)41-28-13-15-30-43(41)55/h1-41H;1-32H. The lowest BCUT2D eigenvalue weighted by Crippen LogP contribution is -2.28. The highest BCUT2D eigenvalue weighted by Crippen LogP contribution is 2.57. The first kappa shape index (κ1) is 72.5. The maximum Gasteiger partial charge on any atom is 0.238 e. The van der Waals surface area contributed by atoms with Crippen LogP contribution in [0, 0.1) is 0 Å². The Balaban J connectivity index is 0.000000146. The third-order valence-electron chi connectivity index (χ3n) is 24.1. The van der Waals surface area contributed by atoms with Crippen LogP contribution in [0.3, 0.4) is 0 Å². The molecule has 0 amide bonds. The molecule has 7 heterocycles. The molecular weight excluding hydrogens is 1510 g/mol. The molecule has 23 aromatic rings. The molecule has 124 heavy (non-hydrogen) atoms. The predicted octanol–water partition coefficient (Wildman–Crippen LogP) is 27.1. The highest BCUT2D eigenvalue weighted by molar-refractivity contribution is 6.12. The molecule has 0 unspecified atom stereocenters. The van der Waals surface area contributed by atoms with E-state index in [0.717, 1.165) is 149 Å². The number of rotatable bonds is 14. The maximum absolute atomic E-state index is 5.53. The zero-order valence-electron chi connectivity index (χ0n) is 67.1. The van der Waals surface area contributed by atoms with E-state index in [9.17, 15) is 0 Å². The summed E-state index contributed by atoms with van der Waals surface area (Å²) in [5.74, 6) is 3.54. The van der Waals surface area contributed by atoms with Gasteiger partial charge >= 0.3 is 0 Å². The first-order valence-corrected chi connectivity index (χ1v) is 41.8. The van der Waals surface area contributed by atoms with Gasteiger partial charge in [0.25, 0.3) is 0 Å². The van der Waals surface area contributed by atoms with Crippen molar-refractivity contribution in [2.45, 2.75) is 5.41 Å². The fourth-order valence-corrected chi connectivity index (χ4v) is 18.6. The second-order valence-electron chi connectivity index (χ2n) is 31.3. The summed E-state index contributed by atoms with van der Waals surface area (Å²) < 4.78 is 6.41. The van der Waals surface area contributed by atoms with Crippen LogP contribution in [0.1, 0.15) is 22.3 Å². The second-order valence-corrected chi connectivity index (χ2v) is 31.3. The molecule has 580 valence electrons. The van der Waals surface area contributed by atoms with Crippen LogP contribution in [0.25, 0.3) is 196 Å². The quantitative estimate of drug-likeness (QED) is 0.106. The molecule has 0 fully saturated rings. The minimum atomic E-state index is -0.562. The molecule has 24 rings (SSSR count). The Labute approximate surface area is 715 Å². The molecule has 0 saturated carbocycles. The largest absolute Gasteiger partial charge is 0.278 e. The topological polar surface area (TPSA) is 117 Å². The zero-order valence-corrected chi connectivity index (χ0v) is 67.1. The van der Waals surface area contributed by atoms with Crippen molar-refractivity contribution < 1.29 is 0 Å². The summed E-state index contributed by atoms with van der Waals surface area (Å²) in [5.41, 5.74) is 27.7. The van der Waals surface area contributed by atoms with Crippen molar-refractivity contribution in [3.8, 4) is 141 Å². The molecule has 0 aliphatic heterocycles. The van der Waals surface area contributed by atoms with E-state index < -0.39 is 5.41 Å². The summed E-state index contributed by atoms with van der Waals surface area (Å²) in [6, 6.07) is 155. The lowest BCUT2D eigenvalue weighted by Gasteiger charge is -2.34. The van der Waals surface area contributed by atoms with Crippen LogP contribution >= 0.6 is 0 Å². The van der Waals surface area contributed by atoms with Gasteiger partial charge < -0.3 is 0 Å². The van der Waals surface area contributed by atoms with Gasteiger partial charge in [0.05, 0.1) is 38.9 Å². The van der Waals surface area contributed by atoms with Crippen LogP contribution in [0.4, 0.5) is 0 Å². The Hall–Kier alpha value is -16.8. The molecule has 16 aromatic carbocycles. The molecule has 0 bridgehead atoms. The van der Waals surface area contributed by atoms with Gasteiger partial charge in [-0.25, -0.2) is 29.0 Å². The average Bonchev–Trinajstić information content (AvgIpc) is 1.53. The molecule has 0 spiro atoms. The molecule has 0 N–H and O–H groups in total. The van der Waals surface area contributed by atoms with Crippen molar-refractivity contribution in [3.63, 3.8) is 0 Å². The van der Waals surface area contributed by atoms with Crippen LogP contribution in [-0.2, 0) is 5.41 Å². The fraction of sp³-hybridized carbons (Fsp3) is 0.00885. The lowest BCUT2D eigenvalue weighted by molar-refractivity contribution is 0.768. The van der Waals surface area contributed by atoms with E-state index >= 15 is 0 Å². The normalized spacial score (nSPS) is 12.1. The van der Waals surface area contributed by atoms with Gasteiger partial charge in [-0.3, -0.25) is 4.57 Å². The summed E-state index contributed by atoms with van der Waals surface area (Å²) >= 11 is 0. The number of nitrogens with zero attached hydrogens (tertiary/aromatic N) is 11. The van der Waals surface area contributed by atoms with E-state index in [2.05, 4.69) is 402 Å². The number of aromatic nitrogens is 11. The van der Waals surface area contributed by atoms with Gasteiger partial charge in [-0.05, 0) is 97.7 Å². The summed E-state index contributed by atoms with van der Waals surface area (Å²) in [6.07, 6.45) is 0. The number of fused-ring (bicyclic) bond motifs is 12. The van der Waals surface area contributed by atoms with Crippen molar-refractivity contribution >= 4 is 54.4 Å². The Morgan fingerprint density at radius 1 is 0.210 bits per heavy atom. The van der Waals surface area contributed by atoms with Crippen LogP contribution < -0.4 is 0 Å². The van der Waals surface area contributed by atoms with Gasteiger partial charge in [-0.1, -0.05) is 400 Å². The van der Waals surface area contributed by atoms with Crippen molar-refractivity contribution in [1.82, 2.24) is 53.7 Å². The van der Waals surface area contributed by atoms with Gasteiger partial charge in [0.1, 0.15) is 11.4 Å². The molecule has 1 aliphatic rings. The molecule has 0 radical (unpaired) electrons. The first-order chi connectivity index (χ1) is 61.5. The maximum atomic E-state index is 5.53. The van der Waals surface area contributed by atoms with E-state index in [1.165, 1.54) is 33.4 Å². The van der Waals surface area contributed by atoms with E-state index in [1.807, 2.05) is 54.6 Å². The van der Waals surface area contributed by atoms with Crippen LogP contribution in [0.5, 0.6) is 0 Å². The summed E-state index contributed by atoms with van der Waals surface area (Å²) in [4.78, 5) is 31.4. The monoisotopic (exact) mass is 1580 g/mol. The molecule has 0 saturated heterocycles. The molecule has 7 aromatic heterocycles. The van der Waals surface area contributed by atoms with Crippen molar-refractivity contribution in [1.29, 1.82) is 0 Å². The molecular formula is C113H73N11. The highest BCUT2D eigenvalue weighted by Gasteiger charge is 2.46. The SMILES string of the molecule is c1ccc(-c2nc(-c3cccc(-c4nn5c(-c6ccccc6)cc6ccccc6c5c4-c4ccccc4)c3)nc(-c3ccc4c(c3)C(c3ccccc3)(c3ccccc3)c3ccccc3-4)n2)cc1.c1ccc(-c2nc(-c3cccc(-c4nn5c(-c6ccccc6)cc6ccccc6c5c4-c4ccccc4)c3)nc(-n3c4ccccc4c4ccccc43)n2)cc1. The van der Waals surface area contributed by atoms with Crippen molar-refractivity contribution in [3.05, 3.63) is 465 Å². The first-order valence-electron chi connectivity index (χ1n) is 41.8. The third kappa shape index (κ3) is 12.4. The lowest BCUT2D eigenvalue weighted by atomic mass is 9.67. The van der Waals surface area contributed by atoms with Gasteiger partial charge in [-0.15, -0.1) is 0 Å². The second kappa shape index (κ2) is 30.6. The molecule has 0 atom stereocenters. The fourth-order valence-electron chi connectivity index (χ4n) is 18.6. The summed E-state index contributed by atoms with van der Waals surface area (Å²) in [5, 5.41) is 17.9. The minimum absolute atomic E-state index is 0.562. The summed E-state index contributed by atoms with van der Waals surface area (Å²) in [6.45, 7) is 0. The average molecular weight is 1580 g/mol. The van der Waals surface area contributed by atoms with E-state index in [4.69, 9.17) is 40.1 Å². The van der Waals surface area contributed by atoms with Crippen molar-refractivity contribution in [2.75, 3.05) is 0 Å². The van der Waals surface area contributed by atoms with Crippen LogP contribution in [0.2, 0.25) is 0 Å². The van der Waals surface area contributed by atoms with E-state index in [0.29, 0.717) is 35.1 Å². The van der Waals surface area contributed by atoms with Gasteiger partial charge in [0.15, 0.2) is 29.1 Å². The molecule has 11 nitrogen and oxygen atoms in total. The molecule has 1 aliphatic carbocycles. The summed E-state index contributed by atoms with van der Waals surface area (Å²) in [7, 11) is 0. The van der Waals surface area contributed by atoms with Crippen LogP contribution in [0.15, 0.2) is 443 Å². The Kier molecular flexibility index (Phi) is 17.9. The number of para-hydroxylation sites is 2. The van der Waals surface area contributed by atoms with Gasteiger partial charge in [0.2, 0.25) is 5.95 Å². The number of hydrogen-bond acceptors (Lipinski definition) is 8. The van der Waals surface area contributed by atoms with Gasteiger partial charge in [-0.2, -0.15) is 20.2 Å². The zero-order chi connectivity index (χ0) is 82.0. The van der Waals surface area contributed by atoms with Crippen LogP contribution in [-0.4, -0.2) is 53.7 Å².